The first kappa shape index (κ1) is 37.9. The average molecular weight is 724 g/mol. The van der Waals surface area contributed by atoms with E-state index in [1.54, 1.807) is 37.5 Å². The molecule has 3 aromatic rings. The minimum Gasteiger partial charge on any atom is -0.496 e. The van der Waals surface area contributed by atoms with Crippen LogP contribution in [0.3, 0.4) is 0 Å². The summed E-state index contributed by atoms with van der Waals surface area (Å²) in [5, 5.41) is 3.82. The highest BCUT2D eigenvalue weighted by Gasteiger charge is 2.26. The highest BCUT2D eigenvalue weighted by atomic mass is 35.5. The summed E-state index contributed by atoms with van der Waals surface area (Å²) in [6, 6.07) is 15.9. The third kappa shape index (κ3) is 10.3. The van der Waals surface area contributed by atoms with Crippen LogP contribution in [0.25, 0.3) is 6.08 Å². The molecule has 1 aliphatic rings. The van der Waals surface area contributed by atoms with E-state index in [0.717, 1.165) is 23.1 Å². The summed E-state index contributed by atoms with van der Waals surface area (Å²) in [4.78, 5) is 31.5. The second-order valence-electron chi connectivity index (χ2n) is 10.7. The number of carbonyl (C=O) groups is 2. The minimum absolute atomic E-state index is 0.00518. The van der Waals surface area contributed by atoms with E-state index in [9.17, 15) is 18.0 Å². The Morgan fingerprint density at radius 2 is 1.70 bits per heavy atom. The zero-order valence-electron chi connectivity index (χ0n) is 28.1. The molecule has 0 atom stereocenters. The molecule has 1 aliphatic heterocycles. The third-order valence-corrected chi connectivity index (χ3v) is 8.96. The lowest BCUT2D eigenvalue weighted by Gasteiger charge is -2.14. The number of allylic oxidation sites excluding steroid dienone is 4. The van der Waals surface area contributed by atoms with Gasteiger partial charge in [-0.3, -0.25) is 4.72 Å². The summed E-state index contributed by atoms with van der Waals surface area (Å²) < 4.78 is 50.1. The molecule has 14 heteroatoms. The van der Waals surface area contributed by atoms with Gasteiger partial charge in [0.1, 0.15) is 23.0 Å². The molecule has 0 aliphatic carbocycles. The Hall–Kier alpha value is -4.95. The van der Waals surface area contributed by atoms with Crippen LogP contribution in [0.5, 0.6) is 5.75 Å². The summed E-state index contributed by atoms with van der Waals surface area (Å²) >= 11 is 6.21. The predicted octanol–water partition coefficient (Wildman–Crippen LogP) is 5.88. The van der Waals surface area contributed by atoms with Crippen molar-refractivity contribution >= 4 is 56.7 Å². The number of oxime groups is 1. The van der Waals surface area contributed by atoms with Gasteiger partial charge >= 0.3 is 11.9 Å². The van der Waals surface area contributed by atoms with E-state index >= 15 is 0 Å². The van der Waals surface area contributed by atoms with E-state index in [2.05, 4.69) is 9.88 Å². The van der Waals surface area contributed by atoms with E-state index in [-0.39, 0.29) is 45.7 Å². The highest BCUT2D eigenvalue weighted by molar-refractivity contribution is 7.92. The van der Waals surface area contributed by atoms with Crippen LogP contribution in [0.1, 0.15) is 28.4 Å². The molecule has 50 heavy (non-hydrogen) atoms. The Balaban J connectivity index is 1.39. The van der Waals surface area contributed by atoms with Crippen LogP contribution < -0.4 is 14.4 Å². The minimum atomic E-state index is -4.21. The second kappa shape index (κ2) is 18.2. The molecule has 0 fully saturated rings. The number of hydrogen-bond donors (Lipinski definition) is 1. The van der Waals surface area contributed by atoms with Crippen molar-refractivity contribution in [3.05, 3.63) is 112 Å². The van der Waals surface area contributed by atoms with Crippen molar-refractivity contribution in [2.45, 2.75) is 11.8 Å². The van der Waals surface area contributed by atoms with Crippen LogP contribution in [0.15, 0.2) is 101 Å². The standard InChI is InChI=1S/C36H38ClN3O9S/c1-5-46-19-20-47-21-22-48-35(41)27-14-18-31(37)33(23-27)50(43,44)39-28-15-11-26(12-16-28)34-30(36(42)49-38-34)10-8-6-7-9-25-13-17-29(40(2)3)24-32(25)45-4/h6-18,23-24,39H,5,19-22H2,1-4H3. The largest absolute Gasteiger partial charge is 0.496 e. The zero-order chi connectivity index (χ0) is 36.1. The summed E-state index contributed by atoms with van der Waals surface area (Å²) in [6.07, 6.45) is 8.72. The Morgan fingerprint density at radius 1 is 0.960 bits per heavy atom. The number of hydrogen-bond acceptors (Lipinski definition) is 11. The highest BCUT2D eigenvalue weighted by Crippen LogP contribution is 2.28. The fourth-order valence-electron chi connectivity index (χ4n) is 4.51. The molecule has 1 N–H and O–H groups in total. The van der Waals surface area contributed by atoms with Crippen molar-refractivity contribution in [1.29, 1.82) is 0 Å². The molecule has 0 aromatic heterocycles. The lowest BCUT2D eigenvalue weighted by Crippen LogP contribution is -2.16. The molecule has 0 unspecified atom stereocenters. The number of nitrogens with one attached hydrogen (secondary N) is 1. The van der Waals surface area contributed by atoms with Crippen molar-refractivity contribution in [3.63, 3.8) is 0 Å². The predicted molar refractivity (Wildman–Crippen MR) is 193 cm³/mol. The van der Waals surface area contributed by atoms with Crippen LogP contribution in [0.4, 0.5) is 11.4 Å². The zero-order valence-corrected chi connectivity index (χ0v) is 29.6. The van der Waals surface area contributed by atoms with Gasteiger partial charge in [-0.15, -0.1) is 0 Å². The number of methoxy groups -OCH3 is 1. The van der Waals surface area contributed by atoms with Gasteiger partial charge in [0.15, 0.2) is 0 Å². The molecule has 3 aromatic carbocycles. The number of esters is 1. The number of anilines is 2. The van der Waals surface area contributed by atoms with E-state index in [0.29, 0.717) is 25.4 Å². The number of nitrogens with zero attached hydrogens (tertiary/aromatic N) is 2. The maximum atomic E-state index is 13.3. The molecular formula is C36H38ClN3O9S. The van der Waals surface area contributed by atoms with E-state index < -0.39 is 22.0 Å². The number of halogens is 1. The Morgan fingerprint density at radius 3 is 2.42 bits per heavy atom. The maximum Gasteiger partial charge on any atom is 0.368 e. The number of sulfonamides is 1. The number of carbonyl (C=O) groups excluding carboxylic acids is 2. The number of ether oxygens (including phenoxy) is 4. The second-order valence-corrected chi connectivity index (χ2v) is 12.8. The lowest BCUT2D eigenvalue weighted by atomic mass is 10.0. The maximum absolute atomic E-state index is 13.3. The van der Waals surface area contributed by atoms with Crippen LogP contribution in [0, 0.1) is 0 Å². The van der Waals surface area contributed by atoms with Gasteiger partial charge in [-0.05, 0) is 55.5 Å². The summed E-state index contributed by atoms with van der Waals surface area (Å²) in [5.74, 6) is -0.627. The van der Waals surface area contributed by atoms with Gasteiger partial charge in [0, 0.05) is 49.3 Å². The van der Waals surface area contributed by atoms with E-state index in [1.807, 2.05) is 56.3 Å². The first-order chi connectivity index (χ1) is 24.0. The summed E-state index contributed by atoms with van der Waals surface area (Å²) in [6.45, 7) is 3.39. The summed E-state index contributed by atoms with van der Waals surface area (Å²) in [7, 11) is 1.30. The van der Waals surface area contributed by atoms with Gasteiger partial charge in [-0.1, -0.05) is 53.2 Å². The fraction of sp³-hybridized carbons (Fsp3) is 0.250. The third-order valence-electron chi connectivity index (χ3n) is 7.09. The molecule has 12 nitrogen and oxygen atoms in total. The van der Waals surface area contributed by atoms with Gasteiger partial charge in [0.25, 0.3) is 10.0 Å². The fourth-order valence-corrected chi connectivity index (χ4v) is 6.10. The van der Waals surface area contributed by atoms with Crippen molar-refractivity contribution in [2.24, 2.45) is 5.16 Å². The topological polar surface area (TPSA) is 142 Å². The van der Waals surface area contributed by atoms with Crippen LogP contribution in [0.2, 0.25) is 5.02 Å². The summed E-state index contributed by atoms with van der Waals surface area (Å²) in [5.41, 5.74) is 3.14. The lowest BCUT2D eigenvalue weighted by molar-refractivity contribution is -0.136. The first-order valence-electron chi connectivity index (χ1n) is 15.5. The molecule has 0 spiro atoms. The Bertz CT molecular complexity index is 1900. The number of benzene rings is 3. The Labute approximate surface area is 296 Å². The van der Waals surface area contributed by atoms with Crippen LogP contribution in [-0.2, 0) is 33.9 Å². The smallest absolute Gasteiger partial charge is 0.368 e. The molecule has 0 bridgehead atoms. The molecule has 4 rings (SSSR count). The normalized spacial score (nSPS) is 13.9. The van der Waals surface area contributed by atoms with E-state index in [1.165, 1.54) is 24.3 Å². The first-order valence-corrected chi connectivity index (χ1v) is 17.4. The molecular weight excluding hydrogens is 686 g/mol. The van der Waals surface area contributed by atoms with Crippen LogP contribution in [-0.4, -0.2) is 80.3 Å². The Kier molecular flexibility index (Phi) is 13.8. The quantitative estimate of drug-likeness (QED) is 0.0590. The van der Waals surface area contributed by atoms with Gasteiger partial charge in [0.2, 0.25) is 0 Å². The van der Waals surface area contributed by atoms with Crippen molar-refractivity contribution in [2.75, 3.05) is 63.9 Å². The van der Waals surface area contributed by atoms with Gasteiger partial charge in [-0.2, -0.15) is 0 Å². The molecule has 0 radical (unpaired) electrons. The molecule has 0 amide bonds. The van der Waals surface area contributed by atoms with Crippen LogP contribution >= 0.6 is 11.6 Å². The van der Waals surface area contributed by atoms with Crippen molar-refractivity contribution in [1.82, 2.24) is 0 Å². The number of rotatable bonds is 17. The van der Waals surface area contributed by atoms with Gasteiger partial charge < -0.3 is 28.7 Å². The SMILES string of the molecule is CCOCCOCCOC(=O)c1ccc(Cl)c(S(=O)(=O)Nc2ccc(C3=NOC(=O)C3=CC=CC=Cc3ccc(N(C)C)cc3OC)cc2)c1. The molecule has 264 valence electrons. The molecule has 0 saturated carbocycles. The monoisotopic (exact) mass is 723 g/mol. The molecule has 1 heterocycles. The van der Waals surface area contributed by atoms with E-state index in [4.69, 9.17) is 35.4 Å². The van der Waals surface area contributed by atoms with Gasteiger partial charge in [-0.25, -0.2) is 18.0 Å². The average Bonchev–Trinajstić information content (AvgIpc) is 3.47. The van der Waals surface area contributed by atoms with Crippen molar-refractivity contribution in [3.8, 4) is 5.75 Å². The van der Waals surface area contributed by atoms with Gasteiger partial charge in [0.05, 0.1) is 43.1 Å². The molecule has 0 saturated heterocycles. The van der Waals surface area contributed by atoms with Crippen molar-refractivity contribution < 1.29 is 41.8 Å².